The first-order chi connectivity index (χ1) is 19.2. The molecule has 5 aromatic rings. The summed E-state index contributed by atoms with van der Waals surface area (Å²) in [7, 11) is 0. The summed E-state index contributed by atoms with van der Waals surface area (Å²) in [6.07, 6.45) is 3.49. The van der Waals surface area contributed by atoms with Crippen molar-refractivity contribution in [3.05, 3.63) is 100 Å². The molecule has 39 heavy (non-hydrogen) atoms. The van der Waals surface area contributed by atoms with Crippen LogP contribution in [0.1, 0.15) is 15.5 Å². The third-order valence-electron chi connectivity index (χ3n) is 6.42. The van der Waals surface area contributed by atoms with Crippen molar-refractivity contribution in [2.75, 3.05) is 31.1 Å². The molecule has 1 aliphatic rings. The van der Waals surface area contributed by atoms with Crippen LogP contribution in [0.4, 0.5) is 5.69 Å². The van der Waals surface area contributed by atoms with Crippen LogP contribution in [0.2, 0.25) is 5.02 Å². The number of thiazole rings is 1. The first kappa shape index (κ1) is 25.5. The van der Waals surface area contributed by atoms with Crippen LogP contribution in [0, 0.1) is 0 Å². The van der Waals surface area contributed by atoms with E-state index in [9.17, 15) is 4.79 Å². The Hall–Kier alpha value is -3.73. The van der Waals surface area contributed by atoms with Gasteiger partial charge in [0.1, 0.15) is 10.7 Å². The van der Waals surface area contributed by atoms with Crippen LogP contribution < -0.4 is 4.90 Å². The van der Waals surface area contributed by atoms with Gasteiger partial charge in [0.2, 0.25) is 0 Å². The molecule has 0 N–H and O–H groups in total. The summed E-state index contributed by atoms with van der Waals surface area (Å²) in [6.45, 7) is 2.80. The van der Waals surface area contributed by atoms with Crippen LogP contribution in [0.3, 0.4) is 0 Å². The van der Waals surface area contributed by atoms with Gasteiger partial charge in [-0.15, -0.1) is 21.5 Å². The largest absolute Gasteiger partial charge is 0.368 e. The number of anilines is 1. The average molecular weight is 574 g/mol. The molecule has 0 radical (unpaired) electrons. The van der Waals surface area contributed by atoms with Crippen molar-refractivity contribution in [3.63, 3.8) is 0 Å². The second-order valence-electron chi connectivity index (χ2n) is 8.89. The molecule has 4 heterocycles. The van der Waals surface area contributed by atoms with Crippen molar-refractivity contribution >= 4 is 46.3 Å². The second-order valence-corrected chi connectivity index (χ2v) is 11.2. The molecule has 0 saturated carbocycles. The number of piperazine rings is 1. The van der Waals surface area contributed by atoms with Crippen LogP contribution in [0.15, 0.2) is 89.7 Å². The Morgan fingerprint density at radius 2 is 1.69 bits per heavy atom. The molecule has 0 aliphatic carbocycles. The van der Waals surface area contributed by atoms with Crippen LogP contribution in [-0.2, 0) is 5.75 Å². The fraction of sp³-hybridized carbons (Fsp3) is 0.179. The quantitative estimate of drug-likeness (QED) is 0.231. The highest BCUT2D eigenvalue weighted by atomic mass is 35.5. The summed E-state index contributed by atoms with van der Waals surface area (Å²) < 4.78 is 2.04. The summed E-state index contributed by atoms with van der Waals surface area (Å²) in [5.74, 6) is 1.31. The Morgan fingerprint density at radius 1 is 0.923 bits per heavy atom. The van der Waals surface area contributed by atoms with Crippen molar-refractivity contribution in [2.24, 2.45) is 0 Å². The second kappa shape index (κ2) is 11.6. The molecule has 6 rings (SSSR count). The van der Waals surface area contributed by atoms with Crippen molar-refractivity contribution < 1.29 is 4.79 Å². The van der Waals surface area contributed by atoms with Gasteiger partial charge >= 0.3 is 0 Å². The number of hydrogen-bond acceptors (Lipinski definition) is 8. The number of pyridine rings is 1. The highest BCUT2D eigenvalue weighted by Crippen LogP contribution is 2.30. The molecule has 196 valence electrons. The van der Waals surface area contributed by atoms with E-state index in [1.165, 1.54) is 11.3 Å². The zero-order chi connectivity index (χ0) is 26.6. The number of aromatic nitrogens is 5. The van der Waals surface area contributed by atoms with Crippen LogP contribution in [-0.4, -0.2) is 61.7 Å². The maximum atomic E-state index is 13.2. The number of thioether (sulfide) groups is 1. The molecule has 0 spiro atoms. The number of halogens is 1. The predicted molar refractivity (Wildman–Crippen MR) is 156 cm³/mol. The van der Waals surface area contributed by atoms with Gasteiger partial charge in [-0.3, -0.25) is 14.3 Å². The molecule has 1 saturated heterocycles. The fourth-order valence-corrected chi connectivity index (χ4v) is 6.39. The summed E-state index contributed by atoms with van der Waals surface area (Å²) in [6, 6.07) is 21.7. The van der Waals surface area contributed by atoms with Crippen LogP contribution >= 0.6 is 34.7 Å². The van der Waals surface area contributed by atoms with E-state index in [2.05, 4.69) is 25.1 Å². The highest BCUT2D eigenvalue weighted by Gasteiger charge is 2.24. The lowest BCUT2D eigenvalue weighted by molar-refractivity contribution is 0.0741. The van der Waals surface area contributed by atoms with Crippen molar-refractivity contribution in [3.8, 4) is 17.1 Å². The van der Waals surface area contributed by atoms with Gasteiger partial charge in [-0.25, -0.2) is 4.98 Å². The number of benzene rings is 2. The minimum absolute atomic E-state index is 0.0272. The standard InChI is InChI=1S/C28H24ClN7OS2/c29-21-5-4-8-23(17-21)34-13-15-35(16-14-34)27(37)24-18-38-25(31-24)19-39-28-33-32-26(20-9-11-30-12-10-20)36(28)22-6-2-1-3-7-22/h1-12,17-18H,13-16,19H2. The predicted octanol–water partition coefficient (Wildman–Crippen LogP) is 5.69. The van der Waals surface area contributed by atoms with Gasteiger partial charge in [0, 0.05) is 65.9 Å². The fourth-order valence-electron chi connectivity index (χ4n) is 4.47. The number of nitrogens with zero attached hydrogens (tertiary/aromatic N) is 7. The van der Waals surface area contributed by atoms with Crippen molar-refractivity contribution in [1.29, 1.82) is 0 Å². The molecular weight excluding hydrogens is 550 g/mol. The average Bonchev–Trinajstić information content (AvgIpc) is 3.64. The van der Waals surface area contributed by atoms with E-state index in [0.717, 1.165) is 51.0 Å². The minimum atomic E-state index is -0.0272. The summed E-state index contributed by atoms with van der Waals surface area (Å²) in [4.78, 5) is 26.1. The van der Waals surface area contributed by atoms with E-state index in [1.807, 2.05) is 81.6 Å². The molecule has 1 aliphatic heterocycles. The Bertz CT molecular complexity index is 1570. The Kier molecular flexibility index (Phi) is 7.57. The topological polar surface area (TPSA) is 80.0 Å². The molecule has 2 aromatic carbocycles. The third-order valence-corrected chi connectivity index (χ3v) is 8.63. The van der Waals surface area contributed by atoms with E-state index in [4.69, 9.17) is 11.6 Å². The zero-order valence-electron chi connectivity index (χ0n) is 20.9. The molecule has 1 fully saturated rings. The third kappa shape index (κ3) is 5.68. The van der Waals surface area contributed by atoms with Crippen molar-refractivity contribution in [1.82, 2.24) is 29.6 Å². The molecule has 0 unspecified atom stereocenters. The smallest absolute Gasteiger partial charge is 0.273 e. The van der Waals surface area contributed by atoms with E-state index < -0.39 is 0 Å². The first-order valence-electron chi connectivity index (χ1n) is 12.4. The van der Waals surface area contributed by atoms with Crippen molar-refractivity contribution in [2.45, 2.75) is 10.9 Å². The molecular formula is C28H24ClN7OS2. The lowest BCUT2D eigenvalue weighted by atomic mass is 10.2. The number of carbonyl (C=O) groups is 1. The van der Waals surface area contributed by atoms with Gasteiger partial charge in [0.05, 0.1) is 5.75 Å². The number of rotatable bonds is 7. The molecule has 1 amide bonds. The van der Waals surface area contributed by atoms with Gasteiger partial charge in [-0.1, -0.05) is 47.6 Å². The Morgan fingerprint density at radius 3 is 2.46 bits per heavy atom. The Balaban J connectivity index is 1.13. The maximum absolute atomic E-state index is 13.2. The minimum Gasteiger partial charge on any atom is -0.368 e. The molecule has 11 heteroatoms. The van der Waals surface area contributed by atoms with Crippen LogP contribution in [0.25, 0.3) is 17.1 Å². The van der Waals surface area contributed by atoms with Gasteiger partial charge in [0.15, 0.2) is 11.0 Å². The van der Waals surface area contributed by atoms with Crippen LogP contribution in [0.5, 0.6) is 0 Å². The van der Waals surface area contributed by atoms with Gasteiger partial charge < -0.3 is 9.80 Å². The normalized spacial score (nSPS) is 13.6. The monoisotopic (exact) mass is 573 g/mol. The zero-order valence-corrected chi connectivity index (χ0v) is 23.2. The van der Waals surface area contributed by atoms with E-state index in [1.54, 1.807) is 24.2 Å². The Labute approximate surface area is 239 Å². The maximum Gasteiger partial charge on any atom is 0.273 e. The lowest BCUT2D eigenvalue weighted by Gasteiger charge is -2.35. The molecule has 8 nitrogen and oxygen atoms in total. The van der Waals surface area contributed by atoms with E-state index in [0.29, 0.717) is 24.5 Å². The number of para-hydroxylation sites is 1. The molecule has 0 bridgehead atoms. The van der Waals surface area contributed by atoms with Gasteiger partial charge in [-0.05, 0) is 42.5 Å². The summed E-state index contributed by atoms with van der Waals surface area (Å²) in [5, 5.41) is 13.2. The van der Waals surface area contributed by atoms with Gasteiger partial charge in [0.25, 0.3) is 5.91 Å². The van der Waals surface area contributed by atoms with E-state index >= 15 is 0 Å². The lowest BCUT2D eigenvalue weighted by Crippen LogP contribution is -2.48. The van der Waals surface area contributed by atoms with E-state index in [-0.39, 0.29) is 5.91 Å². The first-order valence-corrected chi connectivity index (χ1v) is 14.7. The SMILES string of the molecule is O=C(c1csc(CSc2nnc(-c3ccncc3)n2-c2ccccc2)n1)N1CCN(c2cccc(Cl)c2)CC1. The number of hydrogen-bond donors (Lipinski definition) is 0. The summed E-state index contributed by atoms with van der Waals surface area (Å²) in [5.41, 5.74) is 3.49. The summed E-state index contributed by atoms with van der Waals surface area (Å²) >= 11 is 9.19. The molecule has 3 aromatic heterocycles. The molecule has 0 atom stereocenters. The number of carbonyl (C=O) groups excluding carboxylic acids is 1. The number of amides is 1. The van der Waals surface area contributed by atoms with Gasteiger partial charge in [-0.2, -0.15) is 0 Å². The highest BCUT2D eigenvalue weighted by molar-refractivity contribution is 7.98.